The Bertz CT molecular complexity index is 245. The average Bonchev–Trinajstić information content (AvgIpc) is 2.50. The summed E-state index contributed by atoms with van der Waals surface area (Å²) in [5.74, 6) is 1.05. The van der Waals surface area contributed by atoms with Crippen LogP contribution in [-0.2, 0) is 18.7 Å². The molecule has 0 fully saturated rings. The lowest BCUT2D eigenvalue weighted by atomic mass is 10.1. The predicted molar refractivity (Wildman–Crippen MR) is 63.7 cm³/mol. The van der Waals surface area contributed by atoms with E-state index in [2.05, 4.69) is 36.1 Å². The molecule has 0 amide bonds. The molecule has 0 saturated heterocycles. The highest BCUT2D eigenvalue weighted by Crippen LogP contribution is 2.15. The Morgan fingerprint density at radius 1 is 1.36 bits per heavy atom. The van der Waals surface area contributed by atoms with Crippen LogP contribution in [0.25, 0.3) is 0 Å². The van der Waals surface area contributed by atoms with E-state index in [0.717, 1.165) is 18.7 Å². The lowest BCUT2D eigenvalue weighted by Gasteiger charge is -1.96. The third kappa shape index (κ3) is 3.05. The summed E-state index contributed by atoms with van der Waals surface area (Å²) in [5, 5.41) is 4.60. The topological polar surface area (TPSA) is 17.8 Å². The first-order chi connectivity index (χ1) is 6.81. The third-order valence-corrected chi connectivity index (χ3v) is 2.74. The second kappa shape index (κ2) is 6.12. The molecule has 1 rings (SSSR count). The van der Waals surface area contributed by atoms with Crippen LogP contribution in [0, 0.1) is 0 Å². The molecule has 0 unspecified atom stereocenters. The minimum atomic E-state index is 1.05. The molecule has 0 aliphatic heterocycles. The predicted octanol–water partition coefficient (Wildman–Crippen LogP) is 3.11. The standard InChI is InChI=1S/C11H20N2S/c1-4-6-10-8-13(7-5-2)12-11(10)9-14-3/h8H,4-7,9H2,1-3H3. The van der Waals surface area contributed by atoms with Gasteiger partial charge in [-0.05, 0) is 24.7 Å². The van der Waals surface area contributed by atoms with Crippen molar-refractivity contribution >= 4 is 11.8 Å². The largest absolute Gasteiger partial charge is 0.272 e. The molecule has 0 saturated carbocycles. The molecule has 14 heavy (non-hydrogen) atoms. The van der Waals surface area contributed by atoms with Gasteiger partial charge < -0.3 is 0 Å². The summed E-state index contributed by atoms with van der Waals surface area (Å²) in [7, 11) is 0. The number of aryl methyl sites for hydroxylation is 2. The molecule has 80 valence electrons. The Labute approximate surface area is 91.1 Å². The molecular formula is C11H20N2S. The summed E-state index contributed by atoms with van der Waals surface area (Å²) in [6.45, 7) is 5.46. The van der Waals surface area contributed by atoms with Gasteiger partial charge in [-0.3, -0.25) is 4.68 Å². The van der Waals surface area contributed by atoms with E-state index in [4.69, 9.17) is 0 Å². The van der Waals surface area contributed by atoms with Crippen molar-refractivity contribution in [2.75, 3.05) is 6.26 Å². The highest BCUT2D eigenvalue weighted by atomic mass is 32.2. The number of nitrogens with zero attached hydrogens (tertiary/aromatic N) is 2. The van der Waals surface area contributed by atoms with E-state index in [1.165, 1.54) is 24.1 Å². The molecule has 2 nitrogen and oxygen atoms in total. The van der Waals surface area contributed by atoms with Gasteiger partial charge in [0.25, 0.3) is 0 Å². The molecular weight excluding hydrogens is 192 g/mol. The Hall–Kier alpha value is -0.440. The molecule has 0 radical (unpaired) electrons. The van der Waals surface area contributed by atoms with Crippen LogP contribution in [-0.4, -0.2) is 16.0 Å². The number of rotatable bonds is 6. The Balaban J connectivity index is 2.76. The van der Waals surface area contributed by atoms with Crippen molar-refractivity contribution < 1.29 is 0 Å². The van der Waals surface area contributed by atoms with Crippen LogP contribution in [0.2, 0.25) is 0 Å². The molecule has 1 aromatic rings. The van der Waals surface area contributed by atoms with Crippen molar-refractivity contribution in [1.82, 2.24) is 9.78 Å². The minimum Gasteiger partial charge on any atom is -0.272 e. The summed E-state index contributed by atoms with van der Waals surface area (Å²) in [4.78, 5) is 0. The monoisotopic (exact) mass is 212 g/mol. The molecule has 0 atom stereocenters. The van der Waals surface area contributed by atoms with Crippen LogP contribution in [0.5, 0.6) is 0 Å². The summed E-state index contributed by atoms with van der Waals surface area (Å²) in [6, 6.07) is 0. The molecule has 1 aromatic heterocycles. The van der Waals surface area contributed by atoms with Gasteiger partial charge in [-0.2, -0.15) is 16.9 Å². The zero-order valence-corrected chi connectivity index (χ0v) is 10.2. The number of hydrogen-bond donors (Lipinski definition) is 0. The lowest BCUT2D eigenvalue weighted by Crippen LogP contribution is -1.97. The first-order valence-corrected chi connectivity index (χ1v) is 6.75. The molecule has 0 aliphatic carbocycles. The SMILES string of the molecule is CCCc1cn(CCC)nc1CSC. The maximum absolute atomic E-state index is 4.60. The van der Waals surface area contributed by atoms with E-state index in [1.807, 2.05) is 11.8 Å². The lowest BCUT2D eigenvalue weighted by molar-refractivity contribution is 0.597. The van der Waals surface area contributed by atoms with Crippen LogP contribution in [0.4, 0.5) is 0 Å². The van der Waals surface area contributed by atoms with E-state index in [1.54, 1.807) is 0 Å². The van der Waals surface area contributed by atoms with Gasteiger partial charge in [-0.15, -0.1) is 0 Å². The van der Waals surface area contributed by atoms with Gasteiger partial charge in [0.2, 0.25) is 0 Å². The fourth-order valence-corrected chi connectivity index (χ4v) is 2.10. The van der Waals surface area contributed by atoms with E-state index in [0.29, 0.717) is 0 Å². The quantitative estimate of drug-likeness (QED) is 0.721. The van der Waals surface area contributed by atoms with Gasteiger partial charge >= 0.3 is 0 Å². The van der Waals surface area contributed by atoms with Crippen molar-refractivity contribution in [3.05, 3.63) is 17.5 Å². The van der Waals surface area contributed by atoms with Crippen molar-refractivity contribution in [3.8, 4) is 0 Å². The first-order valence-electron chi connectivity index (χ1n) is 5.35. The molecule has 3 heteroatoms. The summed E-state index contributed by atoms with van der Waals surface area (Å²) in [5.41, 5.74) is 2.73. The summed E-state index contributed by atoms with van der Waals surface area (Å²) in [6.07, 6.45) is 7.89. The third-order valence-electron chi connectivity index (χ3n) is 2.18. The molecule has 0 aromatic carbocycles. The Morgan fingerprint density at radius 2 is 2.14 bits per heavy atom. The van der Waals surface area contributed by atoms with Gasteiger partial charge in [0.15, 0.2) is 0 Å². The van der Waals surface area contributed by atoms with Crippen molar-refractivity contribution in [3.63, 3.8) is 0 Å². The minimum absolute atomic E-state index is 1.05. The smallest absolute Gasteiger partial charge is 0.0755 e. The van der Waals surface area contributed by atoms with E-state index in [9.17, 15) is 0 Å². The van der Waals surface area contributed by atoms with Crippen LogP contribution >= 0.6 is 11.8 Å². The van der Waals surface area contributed by atoms with Gasteiger partial charge in [-0.1, -0.05) is 20.3 Å². The zero-order valence-electron chi connectivity index (χ0n) is 9.42. The average molecular weight is 212 g/mol. The van der Waals surface area contributed by atoms with Crippen LogP contribution < -0.4 is 0 Å². The first kappa shape index (κ1) is 11.6. The highest BCUT2D eigenvalue weighted by molar-refractivity contribution is 7.97. The van der Waals surface area contributed by atoms with E-state index < -0.39 is 0 Å². The molecule has 0 spiro atoms. The van der Waals surface area contributed by atoms with Crippen molar-refractivity contribution in [2.24, 2.45) is 0 Å². The van der Waals surface area contributed by atoms with Crippen LogP contribution in [0.1, 0.15) is 37.9 Å². The maximum Gasteiger partial charge on any atom is 0.0755 e. The summed E-state index contributed by atoms with van der Waals surface area (Å²) < 4.78 is 2.09. The molecule has 1 heterocycles. The number of thioether (sulfide) groups is 1. The van der Waals surface area contributed by atoms with Gasteiger partial charge in [0.05, 0.1) is 5.69 Å². The van der Waals surface area contributed by atoms with Crippen molar-refractivity contribution in [2.45, 2.75) is 45.4 Å². The van der Waals surface area contributed by atoms with Crippen LogP contribution in [0.3, 0.4) is 0 Å². The highest BCUT2D eigenvalue weighted by Gasteiger charge is 2.06. The van der Waals surface area contributed by atoms with E-state index >= 15 is 0 Å². The van der Waals surface area contributed by atoms with Gasteiger partial charge in [0, 0.05) is 18.5 Å². The van der Waals surface area contributed by atoms with Gasteiger partial charge in [0.1, 0.15) is 0 Å². The molecule has 0 bridgehead atoms. The molecule has 0 aliphatic rings. The van der Waals surface area contributed by atoms with Crippen LogP contribution in [0.15, 0.2) is 6.20 Å². The van der Waals surface area contributed by atoms with E-state index in [-0.39, 0.29) is 0 Å². The molecule has 0 N–H and O–H groups in total. The van der Waals surface area contributed by atoms with Crippen molar-refractivity contribution in [1.29, 1.82) is 0 Å². The Kier molecular flexibility index (Phi) is 5.09. The summed E-state index contributed by atoms with van der Waals surface area (Å²) >= 11 is 1.85. The van der Waals surface area contributed by atoms with Gasteiger partial charge in [-0.25, -0.2) is 0 Å². The number of aromatic nitrogens is 2. The fraction of sp³-hybridized carbons (Fsp3) is 0.727. The fourth-order valence-electron chi connectivity index (χ4n) is 1.58. The Morgan fingerprint density at radius 3 is 2.71 bits per heavy atom. The maximum atomic E-state index is 4.60. The normalized spacial score (nSPS) is 10.8. The zero-order chi connectivity index (χ0) is 10.4. The second-order valence-electron chi connectivity index (χ2n) is 3.55. The number of hydrogen-bond acceptors (Lipinski definition) is 2. The second-order valence-corrected chi connectivity index (χ2v) is 4.41.